The van der Waals surface area contributed by atoms with Crippen molar-refractivity contribution in [1.29, 1.82) is 0 Å². The summed E-state index contributed by atoms with van der Waals surface area (Å²) in [4.78, 5) is 2.30. The van der Waals surface area contributed by atoms with Gasteiger partial charge in [-0.25, -0.2) is 0 Å². The van der Waals surface area contributed by atoms with E-state index in [9.17, 15) is 0 Å². The van der Waals surface area contributed by atoms with Crippen molar-refractivity contribution in [3.8, 4) is 17.6 Å². The summed E-state index contributed by atoms with van der Waals surface area (Å²) in [6.45, 7) is 6.74. The zero-order valence-electron chi connectivity index (χ0n) is 12.4. The molecule has 1 aromatic rings. The second-order valence-corrected chi connectivity index (χ2v) is 5.12. The van der Waals surface area contributed by atoms with Crippen LogP contribution in [0.3, 0.4) is 0 Å². The van der Waals surface area contributed by atoms with Gasteiger partial charge in [0.05, 0.1) is 13.7 Å². The molecule has 1 rings (SSSR count). The van der Waals surface area contributed by atoms with Crippen LogP contribution in [-0.4, -0.2) is 32.1 Å². The van der Waals surface area contributed by atoms with Gasteiger partial charge in [0.15, 0.2) is 0 Å². The van der Waals surface area contributed by atoms with E-state index in [4.69, 9.17) is 10.5 Å². The van der Waals surface area contributed by atoms with Crippen LogP contribution in [0, 0.1) is 17.8 Å². The Morgan fingerprint density at radius 1 is 1.37 bits per heavy atom. The first-order valence-electron chi connectivity index (χ1n) is 6.61. The smallest absolute Gasteiger partial charge is 0.119 e. The van der Waals surface area contributed by atoms with Gasteiger partial charge in [0.2, 0.25) is 0 Å². The predicted octanol–water partition coefficient (Wildman–Crippen LogP) is 2.09. The van der Waals surface area contributed by atoms with Crippen LogP contribution in [0.1, 0.15) is 25.0 Å². The van der Waals surface area contributed by atoms with Crippen molar-refractivity contribution in [3.05, 3.63) is 29.3 Å². The molecule has 1 aromatic carbocycles. The molecule has 104 valence electrons. The number of nitrogens with zero attached hydrogens (tertiary/aromatic N) is 1. The van der Waals surface area contributed by atoms with Gasteiger partial charge in [-0.15, -0.1) is 0 Å². The van der Waals surface area contributed by atoms with Gasteiger partial charge in [0.1, 0.15) is 5.75 Å². The first-order chi connectivity index (χ1) is 9.06. The quantitative estimate of drug-likeness (QED) is 0.824. The molecule has 0 heterocycles. The monoisotopic (exact) mass is 260 g/mol. The average Bonchev–Trinajstić information content (AvgIpc) is 2.36. The second kappa shape index (κ2) is 7.83. The van der Waals surface area contributed by atoms with Gasteiger partial charge in [-0.05, 0) is 36.7 Å². The maximum atomic E-state index is 5.44. The van der Waals surface area contributed by atoms with Crippen molar-refractivity contribution < 1.29 is 4.74 Å². The van der Waals surface area contributed by atoms with Crippen LogP contribution >= 0.6 is 0 Å². The molecule has 19 heavy (non-hydrogen) atoms. The Balaban J connectivity index is 2.94. The minimum absolute atomic E-state index is 0.382. The van der Waals surface area contributed by atoms with E-state index in [0.717, 1.165) is 24.4 Å². The number of nitrogens with two attached hydrogens (primary N) is 1. The van der Waals surface area contributed by atoms with Crippen LogP contribution in [0.2, 0.25) is 0 Å². The topological polar surface area (TPSA) is 38.5 Å². The fraction of sp³-hybridized carbons (Fsp3) is 0.500. The highest BCUT2D eigenvalue weighted by atomic mass is 16.5. The average molecular weight is 260 g/mol. The summed E-state index contributed by atoms with van der Waals surface area (Å²) in [6.07, 6.45) is 0. The van der Waals surface area contributed by atoms with E-state index in [2.05, 4.69) is 43.7 Å². The first kappa shape index (κ1) is 15.6. The van der Waals surface area contributed by atoms with Crippen molar-refractivity contribution in [1.82, 2.24) is 4.90 Å². The second-order valence-electron chi connectivity index (χ2n) is 5.12. The van der Waals surface area contributed by atoms with E-state index < -0.39 is 0 Å². The van der Waals surface area contributed by atoms with Crippen molar-refractivity contribution in [3.63, 3.8) is 0 Å². The Labute approximate surface area is 116 Å². The Kier molecular flexibility index (Phi) is 6.41. The molecule has 3 nitrogen and oxygen atoms in total. The summed E-state index contributed by atoms with van der Waals surface area (Å²) in [5, 5.41) is 0. The summed E-state index contributed by atoms with van der Waals surface area (Å²) >= 11 is 0. The fourth-order valence-corrected chi connectivity index (χ4v) is 2.07. The zero-order valence-corrected chi connectivity index (χ0v) is 12.4. The SMILES string of the molecule is COc1ccc(C#CCN)c(CN(C)CC(C)C)c1. The van der Waals surface area contributed by atoms with Gasteiger partial charge in [-0.3, -0.25) is 0 Å². The van der Waals surface area contributed by atoms with E-state index in [0.29, 0.717) is 12.5 Å². The van der Waals surface area contributed by atoms with Gasteiger partial charge >= 0.3 is 0 Å². The molecule has 0 amide bonds. The molecule has 2 N–H and O–H groups in total. The number of methoxy groups -OCH3 is 1. The summed E-state index contributed by atoms with van der Waals surface area (Å²) < 4.78 is 5.29. The maximum Gasteiger partial charge on any atom is 0.119 e. The number of benzene rings is 1. The molecule has 0 fully saturated rings. The van der Waals surface area contributed by atoms with Gasteiger partial charge in [-0.2, -0.15) is 0 Å². The fourth-order valence-electron chi connectivity index (χ4n) is 2.07. The van der Waals surface area contributed by atoms with Gasteiger partial charge < -0.3 is 15.4 Å². The lowest BCUT2D eigenvalue weighted by molar-refractivity contribution is 0.287. The number of ether oxygens (including phenoxy) is 1. The molecule has 0 spiro atoms. The van der Waals surface area contributed by atoms with E-state index in [1.807, 2.05) is 12.1 Å². The molecular formula is C16H24N2O. The van der Waals surface area contributed by atoms with Crippen LogP contribution in [0.25, 0.3) is 0 Å². The van der Waals surface area contributed by atoms with Crippen LogP contribution in [0.4, 0.5) is 0 Å². The minimum atomic E-state index is 0.382. The molecule has 0 atom stereocenters. The van der Waals surface area contributed by atoms with Crippen LogP contribution in [-0.2, 0) is 6.54 Å². The van der Waals surface area contributed by atoms with Gasteiger partial charge in [0, 0.05) is 18.7 Å². The largest absolute Gasteiger partial charge is 0.497 e. The number of hydrogen-bond acceptors (Lipinski definition) is 3. The van der Waals surface area contributed by atoms with Crippen LogP contribution in [0.5, 0.6) is 5.75 Å². The minimum Gasteiger partial charge on any atom is -0.497 e. The van der Waals surface area contributed by atoms with E-state index in [-0.39, 0.29) is 0 Å². The Bertz CT molecular complexity index is 458. The highest BCUT2D eigenvalue weighted by Crippen LogP contribution is 2.18. The third-order valence-electron chi connectivity index (χ3n) is 2.75. The zero-order chi connectivity index (χ0) is 14.3. The number of rotatable bonds is 5. The Morgan fingerprint density at radius 3 is 2.68 bits per heavy atom. The lowest BCUT2D eigenvalue weighted by Crippen LogP contribution is -2.23. The molecule has 0 aliphatic heterocycles. The van der Waals surface area contributed by atoms with E-state index in [1.165, 1.54) is 5.56 Å². The highest BCUT2D eigenvalue weighted by Gasteiger charge is 2.07. The predicted molar refractivity (Wildman–Crippen MR) is 80.1 cm³/mol. The standard InChI is InChI=1S/C16H24N2O/c1-13(2)11-18(3)12-15-10-16(19-4)8-7-14(15)6-5-9-17/h7-8,10,13H,9,11-12,17H2,1-4H3. The summed E-state index contributed by atoms with van der Waals surface area (Å²) in [5.41, 5.74) is 7.65. The Morgan fingerprint density at radius 2 is 2.11 bits per heavy atom. The van der Waals surface area contributed by atoms with Gasteiger partial charge in [0.25, 0.3) is 0 Å². The molecule has 0 aliphatic carbocycles. The van der Waals surface area contributed by atoms with E-state index >= 15 is 0 Å². The summed E-state index contributed by atoms with van der Waals surface area (Å²) in [5.74, 6) is 7.55. The highest BCUT2D eigenvalue weighted by molar-refractivity contribution is 5.45. The van der Waals surface area contributed by atoms with Crippen LogP contribution < -0.4 is 10.5 Å². The molecule has 0 aromatic heterocycles. The molecule has 3 heteroatoms. The molecular weight excluding hydrogens is 236 g/mol. The van der Waals surface area contributed by atoms with Crippen molar-refractivity contribution in [2.45, 2.75) is 20.4 Å². The third kappa shape index (κ3) is 5.34. The third-order valence-corrected chi connectivity index (χ3v) is 2.75. The lowest BCUT2D eigenvalue weighted by atomic mass is 10.1. The molecule has 0 unspecified atom stereocenters. The molecule has 0 radical (unpaired) electrons. The number of hydrogen-bond donors (Lipinski definition) is 1. The molecule has 0 bridgehead atoms. The summed E-state index contributed by atoms with van der Waals surface area (Å²) in [6, 6.07) is 5.99. The lowest BCUT2D eigenvalue weighted by Gasteiger charge is -2.20. The normalized spacial score (nSPS) is 10.5. The first-order valence-corrected chi connectivity index (χ1v) is 6.61. The maximum absolute atomic E-state index is 5.44. The van der Waals surface area contributed by atoms with Gasteiger partial charge in [-0.1, -0.05) is 25.7 Å². The van der Waals surface area contributed by atoms with Crippen molar-refractivity contribution >= 4 is 0 Å². The van der Waals surface area contributed by atoms with E-state index in [1.54, 1.807) is 7.11 Å². The molecule has 0 saturated carbocycles. The molecule has 0 aliphatic rings. The van der Waals surface area contributed by atoms with Crippen LogP contribution in [0.15, 0.2) is 18.2 Å². The molecule has 0 saturated heterocycles. The Hall–Kier alpha value is -1.50. The van der Waals surface area contributed by atoms with Crippen molar-refractivity contribution in [2.24, 2.45) is 11.7 Å². The summed E-state index contributed by atoms with van der Waals surface area (Å²) in [7, 11) is 3.81. The van der Waals surface area contributed by atoms with Crippen molar-refractivity contribution in [2.75, 3.05) is 27.2 Å².